The number of amides is 1. The van der Waals surface area contributed by atoms with Crippen LogP contribution in [0.2, 0.25) is 5.02 Å². The van der Waals surface area contributed by atoms with Crippen LogP contribution in [0.4, 0.5) is 0 Å². The topological polar surface area (TPSA) is 50.2 Å². The van der Waals surface area contributed by atoms with Gasteiger partial charge in [0.05, 0.1) is 17.8 Å². The lowest BCUT2D eigenvalue weighted by Crippen LogP contribution is -2.37. The van der Waals surface area contributed by atoms with Crippen LogP contribution in [0.3, 0.4) is 0 Å². The Hall–Kier alpha value is -2.63. The highest BCUT2D eigenvalue weighted by atomic mass is 35.5. The predicted octanol–water partition coefficient (Wildman–Crippen LogP) is 4.21. The fourth-order valence-electron chi connectivity index (χ4n) is 4.16. The third kappa shape index (κ3) is 4.58. The molecule has 0 radical (unpaired) electrons. The van der Waals surface area contributed by atoms with E-state index in [1.807, 2.05) is 48.9 Å². The zero-order valence-corrected chi connectivity index (χ0v) is 18.2. The van der Waals surface area contributed by atoms with Gasteiger partial charge in [0.2, 0.25) is 0 Å². The molecule has 0 spiro atoms. The number of carbonyl (C=O) groups excluding carboxylic acids is 1. The maximum atomic E-state index is 13.0. The Morgan fingerprint density at radius 2 is 1.83 bits per heavy atom. The van der Waals surface area contributed by atoms with Crippen LogP contribution in [-0.2, 0) is 13.1 Å². The minimum atomic E-state index is -0.0398. The van der Waals surface area contributed by atoms with Crippen molar-refractivity contribution in [1.82, 2.24) is 20.0 Å². The van der Waals surface area contributed by atoms with Crippen LogP contribution < -0.4 is 5.32 Å². The number of benzene rings is 2. The van der Waals surface area contributed by atoms with E-state index in [4.69, 9.17) is 11.6 Å². The van der Waals surface area contributed by atoms with Gasteiger partial charge in [0.1, 0.15) is 0 Å². The highest BCUT2D eigenvalue weighted by molar-refractivity contribution is 6.31. The molecule has 1 aromatic heterocycles. The number of halogens is 1. The Kier molecular flexibility index (Phi) is 6.21. The average molecular weight is 423 g/mol. The van der Waals surface area contributed by atoms with Gasteiger partial charge in [-0.15, -0.1) is 0 Å². The van der Waals surface area contributed by atoms with Crippen molar-refractivity contribution >= 4 is 17.5 Å². The van der Waals surface area contributed by atoms with E-state index in [-0.39, 0.29) is 11.9 Å². The second-order valence-corrected chi connectivity index (χ2v) is 8.38. The van der Waals surface area contributed by atoms with E-state index >= 15 is 0 Å². The number of aromatic nitrogens is 2. The van der Waals surface area contributed by atoms with Crippen LogP contribution in [-0.4, -0.2) is 39.7 Å². The molecule has 1 aliphatic rings. The number of hydrogen-bond donors (Lipinski definition) is 1. The molecule has 1 unspecified atom stereocenters. The maximum absolute atomic E-state index is 13.0. The first kappa shape index (κ1) is 20.6. The largest absolute Gasteiger partial charge is 0.348 e. The van der Waals surface area contributed by atoms with E-state index < -0.39 is 0 Å². The summed E-state index contributed by atoms with van der Waals surface area (Å²) in [4.78, 5) is 15.4. The van der Waals surface area contributed by atoms with E-state index in [9.17, 15) is 4.79 Å². The standard InChI is InChI=1S/C24H27ClN4O/c1-17-23(18(2)29(27-17)15-20-10-6-7-11-22(20)25)24(30)26-21-12-13-28(16-21)14-19-8-4-3-5-9-19/h3-11,21H,12-16H2,1-2H3,(H,26,30). The number of aryl methyl sites for hydroxylation is 1. The summed E-state index contributed by atoms with van der Waals surface area (Å²) in [5.74, 6) is -0.0398. The smallest absolute Gasteiger partial charge is 0.255 e. The second kappa shape index (κ2) is 9.02. The molecule has 6 heteroatoms. The lowest BCUT2D eigenvalue weighted by molar-refractivity contribution is 0.0936. The Morgan fingerprint density at radius 1 is 1.10 bits per heavy atom. The molecule has 1 aliphatic heterocycles. The lowest BCUT2D eigenvalue weighted by atomic mass is 10.1. The van der Waals surface area contributed by atoms with Crippen molar-refractivity contribution in [2.45, 2.75) is 39.4 Å². The minimum absolute atomic E-state index is 0.0398. The molecule has 156 valence electrons. The Bertz CT molecular complexity index is 1030. The highest BCUT2D eigenvalue weighted by Crippen LogP contribution is 2.20. The van der Waals surface area contributed by atoms with Crippen molar-refractivity contribution in [3.05, 3.63) is 87.7 Å². The van der Waals surface area contributed by atoms with Gasteiger partial charge in [-0.3, -0.25) is 14.4 Å². The number of hydrogen-bond acceptors (Lipinski definition) is 3. The molecular formula is C24H27ClN4O. The lowest BCUT2D eigenvalue weighted by Gasteiger charge is -2.17. The zero-order chi connectivity index (χ0) is 21.1. The number of carbonyl (C=O) groups is 1. The van der Waals surface area contributed by atoms with Crippen LogP contribution in [0.1, 0.15) is 39.3 Å². The minimum Gasteiger partial charge on any atom is -0.348 e. The van der Waals surface area contributed by atoms with E-state index in [0.29, 0.717) is 17.1 Å². The van der Waals surface area contributed by atoms with Crippen molar-refractivity contribution in [3.8, 4) is 0 Å². The van der Waals surface area contributed by atoms with E-state index in [0.717, 1.165) is 43.0 Å². The Balaban J connectivity index is 1.40. The van der Waals surface area contributed by atoms with Crippen LogP contribution >= 0.6 is 11.6 Å². The molecular weight excluding hydrogens is 396 g/mol. The molecule has 2 aromatic carbocycles. The summed E-state index contributed by atoms with van der Waals surface area (Å²) in [7, 11) is 0. The first-order valence-electron chi connectivity index (χ1n) is 10.4. The number of nitrogens with one attached hydrogen (secondary N) is 1. The van der Waals surface area contributed by atoms with Crippen LogP contribution in [0, 0.1) is 13.8 Å². The molecule has 1 fully saturated rings. The molecule has 2 heterocycles. The predicted molar refractivity (Wildman–Crippen MR) is 120 cm³/mol. The summed E-state index contributed by atoms with van der Waals surface area (Å²) < 4.78 is 1.86. The SMILES string of the molecule is Cc1nn(Cc2ccccc2Cl)c(C)c1C(=O)NC1CCN(Cc2ccccc2)C1. The van der Waals surface area contributed by atoms with Gasteiger partial charge in [-0.1, -0.05) is 60.1 Å². The molecule has 30 heavy (non-hydrogen) atoms. The third-order valence-corrected chi connectivity index (χ3v) is 6.11. The van der Waals surface area contributed by atoms with E-state index in [1.54, 1.807) is 0 Å². The van der Waals surface area contributed by atoms with Crippen LogP contribution in [0.15, 0.2) is 54.6 Å². The van der Waals surface area contributed by atoms with E-state index in [1.165, 1.54) is 5.56 Å². The zero-order valence-electron chi connectivity index (χ0n) is 17.4. The summed E-state index contributed by atoms with van der Waals surface area (Å²) >= 11 is 6.30. The maximum Gasteiger partial charge on any atom is 0.255 e. The van der Waals surface area contributed by atoms with Crippen molar-refractivity contribution in [3.63, 3.8) is 0 Å². The normalized spacial score (nSPS) is 16.7. The van der Waals surface area contributed by atoms with Gasteiger partial charge < -0.3 is 5.32 Å². The molecule has 5 nitrogen and oxygen atoms in total. The van der Waals surface area contributed by atoms with Crippen LogP contribution in [0.5, 0.6) is 0 Å². The molecule has 0 bridgehead atoms. The van der Waals surface area contributed by atoms with Crippen molar-refractivity contribution in [1.29, 1.82) is 0 Å². The van der Waals surface area contributed by atoms with Crippen molar-refractivity contribution in [2.24, 2.45) is 0 Å². The van der Waals surface area contributed by atoms with Gasteiger partial charge in [0, 0.05) is 36.4 Å². The monoisotopic (exact) mass is 422 g/mol. The molecule has 1 N–H and O–H groups in total. The molecule has 3 aromatic rings. The fraction of sp³-hybridized carbons (Fsp3) is 0.333. The summed E-state index contributed by atoms with van der Waals surface area (Å²) in [6.07, 6.45) is 0.963. The van der Waals surface area contributed by atoms with E-state index in [2.05, 4.69) is 39.6 Å². The van der Waals surface area contributed by atoms with Gasteiger partial charge in [-0.2, -0.15) is 5.10 Å². The molecule has 0 aliphatic carbocycles. The summed E-state index contributed by atoms with van der Waals surface area (Å²) in [5.41, 5.74) is 4.57. The van der Waals surface area contributed by atoms with Crippen LogP contribution in [0.25, 0.3) is 0 Å². The van der Waals surface area contributed by atoms with Gasteiger partial charge in [0.25, 0.3) is 5.91 Å². The van der Waals surface area contributed by atoms with Gasteiger partial charge >= 0.3 is 0 Å². The molecule has 1 amide bonds. The summed E-state index contributed by atoms with van der Waals surface area (Å²) in [5, 5.41) is 8.53. The van der Waals surface area contributed by atoms with Crippen molar-refractivity contribution < 1.29 is 4.79 Å². The quantitative estimate of drug-likeness (QED) is 0.647. The Labute approximate surface area is 182 Å². The highest BCUT2D eigenvalue weighted by Gasteiger charge is 2.26. The molecule has 4 rings (SSSR count). The second-order valence-electron chi connectivity index (χ2n) is 7.97. The fourth-order valence-corrected chi connectivity index (χ4v) is 4.36. The number of rotatable bonds is 6. The average Bonchev–Trinajstić information content (AvgIpc) is 3.27. The first-order chi connectivity index (χ1) is 14.5. The van der Waals surface area contributed by atoms with Crippen molar-refractivity contribution in [2.75, 3.05) is 13.1 Å². The van der Waals surface area contributed by atoms with Gasteiger partial charge in [-0.05, 0) is 37.5 Å². The van der Waals surface area contributed by atoms with Gasteiger partial charge in [0.15, 0.2) is 0 Å². The van der Waals surface area contributed by atoms with Gasteiger partial charge in [-0.25, -0.2) is 0 Å². The molecule has 1 saturated heterocycles. The third-order valence-electron chi connectivity index (χ3n) is 5.74. The Morgan fingerprint density at radius 3 is 2.60 bits per heavy atom. The first-order valence-corrected chi connectivity index (χ1v) is 10.7. The number of nitrogens with zero attached hydrogens (tertiary/aromatic N) is 3. The molecule has 1 atom stereocenters. The summed E-state index contributed by atoms with van der Waals surface area (Å²) in [6, 6.07) is 18.3. The molecule has 0 saturated carbocycles. The number of likely N-dealkylation sites (tertiary alicyclic amines) is 1. The summed E-state index contributed by atoms with van der Waals surface area (Å²) in [6.45, 7) is 7.16.